The number of aryl methyl sites for hydroxylation is 1. The molecule has 0 bridgehead atoms. The summed E-state index contributed by atoms with van der Waals surface area (Å²) in [6.45, 7) is 3.30. The van der Waals surface area contributed by atoms with Gasteiger partial charge in [-0.2, -0.15) is 5.10 Å². The Kier molecular flexibility index (Phi) is 6.48. The van der Waals surface area contributed by atoms with E-state index in [0.29, 0.717) is 18.9 Å². The van der Waals surface area contributed by atoms with Gasteiger partial charge in [0.25, 0.3) is 11.8 Å². The largest absolute Gasteiger partial charge is 0.367 e. The fourth-order valence-electron chi connectivity index (χ4n) is 3.97. The van der Waals surface area contributed by atoms with Crippen molar-refractivity contribution in [2.75, 3.05) is 25.5 Å². The zero-order valence-corrected chi connectivity index (χ0v) is 18.5. The maximum atomic E-state index is 12.9. The van der Waals surface area contributed by atoms with Crippen LogP contribution in [0.2, 0.25) is 0 Å². The number of hydrogen-bond acceptors (Lipinski definition) is 5. The van der Waals surface area contributed by atoms with E-state index in [1.807, 2.05) is 58.3 Å². The molecule has 3 heterocycles. The van der Waals surface area contributed by atoms with Gasteiger partial charge in [0.1, 0.15) is 5.82 Å². The molecule has 0 saturated carbocycles. The molecule has 0 unspecified atom stereocenters. The molecule has 1 N–H and O–H groups in total. The van der Waals surface area contributed by atoms with E-state index in [-0.39, 0.29) is 17.9 Å². The number of methoxy groups -OCH3 is 1. The van der Waals surface area contributed by atoms with Crippen molar-refractivity contribution in [1.82, 2.24) is 14.7 Å². The van der Waals surface area contributed by atoms with Crippen molar-refractivity contribution in [1.29, 1.82) is 0 Å². The van der Waals surface area contributed by atoms with E-state index in [1.165, 1.54) is 18.4 Å². The molecular weight excluding hydrogens is 412 g/mol. The quantitative estimate of drug-likeness (QED) is 0.630. The van der Waals surface area contributed by atoms with Gasteiger partial charge >= 0.3 is 0 Å². The molecule has 0 aliphatic carbocycles. The number of thiophene rings is 1. The number of nitrogens with one attached hydrogen (secondary N) is 1. The lowest BCUT2D eigenvalue weighted by Crippen LogP contribution is -2.39. The van der Waals surface area contributed by atoms with Gasteiger partial charge in [-0.05, 0) is 42.3 Å². The van der Waals surface area contributed by atoms with Crippen LogP contribution in [0.15, 0.2) is 54.0 Å². The molecule has 0 spiro atoms. The van der Waals surface area contributed by atoms with Crippen LogP contribution in [0.25, 0.3) is 0 Å². The van der Waals surface area contributed by atoms with Crippen LogP contribution in [0.1, 0.15) is 45.8 Å². The molecule has 31 heavy (non-hydrogen) atoms. The third-order valence-electron chi connectivity index (χ3n) is 5.65. The summed E-state index contributed by atoms with van der Waals surface area (Å²) in [5, 5.41) is 9.36. The number of ether oxygens (including phenoxy) is 1. The summed E-state index contributed by atoms with van der Waals surface area (Å²) in [5.74, 6) is 0.504. The predicted molar refractivity (Wildman–Crippen MR) is 120 cm³/mol. The van der Waals surface area contributed by atoms with E-state index in [4.69, 9.17) is 4.74 Å². The molecule has 2 amide bonds. The number of anilines is 1. The van der Waals surface area contributed by atoms with Crippen LogP contribution in [0.3, 0.4) is 0 Å². The number of rotatable bonds is 6. The van der Waals surface area contributed by atoms with Gasteiger partial charge in [-0.15, -0.1) is 11.3 Å². The second kappa shape index (κ2) is 9.45. The molecular formula is C23H26N4O3S. The molecule has 3 aromatic rings. The lowest BCUT2D eigenvalue weighted by Gasteiger charge is -2.32. The Balaban J connectivity index is 1.40. The Morgan fingerprint density at radius 2 is 1.90 bits per heavy atom. The monoisotopic (exact) mass is 438 g/mol. The summed E-state index contributed by atoms with van der Waals surface area (Å²) in [5.41, 5.74) is 1.82. The molecule has 0 radical (unpaired) electrons. The standard InChI is InChI=1S/C23H26N4O3S/c1-16-11-15-31-21(16)23(29)26-13-9-18(10-14-26)27-19(8-12-24-27)25-22(28)20(30-2)17-6-4-3-5-7-17/h3-8,11-12,15,18,20H,9-10,13-14H2,1-2H3,(H,25,28)/t20-/m1/s1. The number of amides is 2. The molecule has 8 heteroatoms. The fourth-order valence-corrected chi connectivity index (χ4v) is 4.86. The van der Waals surface area contributed by atoms with Crippen molar-refractivity contribution in [2.45, 2.75) is 31.9 Å². The highest BCUT2D eigenvalue weighted by molar-refractivity contribution is 7.12. The molecule has 2 aromatic heterocycles. The van der Waals surface area contributed by atoms with Crippen LogP contribution in [-0.4, -0.2) is 46.7 Å². The fraction of sp³-hybridized carbons (Fsp3) is 0.348. The van der Waals surface area contributed by atoms with Crippen LogP contribution in [0.4, 0.5) is 5.82 Å². The zero-order chi connectivity index (χ0) is 21.8. The molecule has 1 aliphatic heterocycles. The summed E-state index contributed by atoms with van der Waals surface area (Å²) in [4.78, 5) is 28.4. The van der Waals surface area contributed by atoms with Crippen molar-refractivity contribution in [3.05, 3.63) is 70.0 Å². The number of carbonyl (C=O) groups excluding carboxylic acids is 2. The molecule has 1 aromatic carbocycles. The van der Waals surface area contributed by atoms with Crippen LogP contribution in [0, 0.1) is 6.92 Å². The Labute approximate surface area is 185 Å². The van der Waals surface area contributed by atoms with Gasteiger partial charge in [0.2, 0.25) is 0 Å². The average Bonchev–Trinajstić information content (AvgIpc) is 3.43. The summed E-state index contributed by atoms with van der Waals surface area (Å²) in [7, 11) is 1.52. The number of nitrogens with zero attached hydrogens (tertiary/aromatic N) is 3. The zero-order valence-electron chi connectivity index (χ0n) is 17.7. The minimum Gasteiger partial charge on any atom is -0.367 e. The van der Waals surface area contributed by atoms with Gasteiger partial charge < -0.3 is 15.0 Å². The molecule has 1 saturated heterocycles. The first-order valence-corrected chi connectivity index (χ1v) is 11.2. The topological polar surface area (TPSA) is 76.5 Å². The normalized spacial score (nSPS) is 15.6. The van der Waals surface area contributed by atoms with E-state index < -0.39 is 6.10 Å². The van der Waals surface area contributed by atoms with Gasteiger partial charge in [-0.3, -0.25) is 9.59 Å². The highest BCUT2D eigenvalue weighted by Gasteiger charge is 2.28. The average molecular weight is 439 g/mol. The van der Waals surface area contributed by atoms with Crippen LogP contribution < -0.4 is 5.32 Å². The second-order valence-electron chi connectivity index (χ2n) is 7.63. The molecule has 1 atom stereocenters. The van der Waals surface area contributed by atoms with Gasteiger partial charge in [0, 0.05) is 26.3 Å². The van der Waals surface area contributed by atoms with Crippen molar-refractivity contribution >= 4 is 29.0 Å². The van der Waals surface area contributed by atoms with Crippen LogP contribution >= 0.6 is 11.3 Å². The minimum absolute atomic E-state index is 0.103. The molecule has 7 nitrogen and oxygen atoms in total. The van der Waals surface area contributed by atoms with Gasteiger partial charge in [-0.1, -0.05) is 30.3 Å². The van der Waals surface area contributed by atoms with Gasteiger partial charge in [0.15, 0.2) is 6.10 Å². The number of carbonyl (C=O) groups is 2. The van der Waals surface area contributed by atoms with Crippen LogP contribution in [-0.2, 0) is 9.53 Å². The van der Waals surface area contributed by atoms with Crippen molar-refractivity contribution in [2.24, 2.45) is 0 Å². The first-order chi connectivity index (χ1) is 15.1. The molecule has 162 valence electrons. The maximum absolute atomic E-state index is 12.9. The SMILES string of the molecule is CO[C@@H](C(=O)Nc1ccnn1C1CCN(C(=O)c2sccc2C)CC1)c1ccccc1. The Morgan fingerprint density at radius 1 is 1.16 bits per heavy atom. The summed E-state index contributed by atoms with van der Waals surface area (Å²) >= 11 is 1.49. The first kappa shape index (κ1) is 21.3. The van der Waals surface area contributed by atoms with Crippen molar-refractivity contribution < 1.29 is 14.3 Å². The number of hydrogen-bond donors (Lipinski definition) is 1. The second-order valence-corrected chi connectivity index (χ2v) is 8.55. The highest BCUT2D eigenvalue weighted by Crippen LogP contribution is 2.28. The van der Waals surface area contributed by atoms with E-state index in [0.717, 1.165) is 28.8 Å². The lowest BCUT2D eigenvalue weighted by atomic mass is 10.0. The first-order valence-electron chi connectivity index (χ1n) is 10.3. The lowest BCUT2D eigenvalue weighted by molar-refractivity contribution is -0.126. The number of piperidine rings is 1. The summed E-state index contributed by atoms with van der Waals surface area (Å²) in [6.07, 6.45) is 2.56. The van der Waals surface area contributed by atoms with E-state index in [2.05, 4.69) is 10.4 Å². The Bertz CT molecular complexity index is 1040. The van der Waals surface area contributed by atoms with Crippen molar-refractivity contribution in [3.63, 3.8) is 0 Å². The number of benzene rings is 1. The van der Waals surface area contributed by atoms with Crippen LogP contribution in [0.5, 0.6) is 0 Å². The van der Waals surface area contributed by atoms with Gasteiger partial charge in [0.05, 0.1) is 17.1 Å². The van der Waals surface area contributed by atoms with E-state index in [1.54, 1.807) is 12.3 Å². The Morgan fingerprint density at radius 3 is 2.55 bits per heavy atom. The maximum Gasteiger partial charge on any atom is 0.264 e. The smallest absolute Gasteiger partial charge is 0.264 e. The van der Waals surface area contributed by atoms with E-state index >= 15 is 0 Å². The van der Waals surface area contributed by atoms with E-state index in [9.17, 15) is 9.59 Å². The van der Waals surface area contributed by atoms with Crippen molar-refractivity contribution in [3.8, 4) is 0 Å². The number of likely N-dealkylation sites (tertiary alicyclic amines) is 1. The minimum atomic E-state index is -0.696. The molecule has 1 aliphatic rings. The third-order valence-corrected chi connectivity index (χ3v) is 6.66. The number of aromatic nitrogens is 2. The summed E-state index contributed by atoms with van der Waals surface area (Å²) < 4.78 is 7.29. The summed E-state index contributed by atoms with van der Waals surface area (Å²) in [6, 6.07) is 13.3. The third kappa shape index (κ3) is 4.55. The predicted octanol–water partition coefficient (Wildman–Crippen LogP) is 4.06. The van der Waals surface area contributed by atoms with Gasteiger partial charge in [-0.25, -0.2) is 4.68 Å². The Hall–Kier alpha value is -2.97. The highest BCUT2D eigenvalue weighted by atomic mass is 32.1. The molecule has 4 rings (SSSR count). The molecule has 1 fully saturated rings.